The third kappa shape index (κ3) is 2.79. The minimum Gasteiger partial charge on any atom is -0.106 e. The van der Waals surface area contributed by atoms with Crippen molar-refractivity contribution in [3.8, 4) is 11.8 Å². The second kappa shape index (κ2) is 5.08. The molecule has 74 valence electrons. The first-order valence-corrected chi connectivity index (χ1v) is 5.20. The summed E-state index contributed by atoms with van der Waals surface area (Å²) in [5.41, 5.74) is 1.30. The Morgan fingerprint density at radius 3 is 2.21 bits per heavy atom. The number of halogens is 1. The molecule has 0 aliphatic heterocycles. The van der Waals surface area contributed by atoms with Crippen molar-refractivity contribution in [1.29, 1.82) is 0 Å². The second-order valence-corrected chi connectivity index (χ2v) is 3.96. The van der Waals surface area contributed by atoms with Crippen molar-refractivity contribution in [2.24, 2.45) is 5.92 Å². The zero-order valence-corrected chi connectivity index (χ0v) is 9.60. The van der Waals surface area contributed by atoms with E-state index in [4.69, 9.17) is 11.6 Å². The van der Waals surface area contributed by atoms with Gasteiger partial charge in [0.05, 0.1) is 0 Å². The van der Waals surface area contributed by atoms with E-state index in [1.54, 1.807) is 0 Å². The van der Waals surface area contributed by atoms with Crippen LogP contribution < -0.4 is 0 Å². The summed E-state index contributed by atoms with van der Waals surface area (Å²) < 4.78 is 0. The summed E-state index contributed by atoms with van der Waals surface area (Å²) in [5, 5.41) is 0.787. The number of hydrogen-bond donors (Lipinski definition) is 0. The summed E-state index contributed by atoms with van der Waals surface area (Å²) in [6.07, 6.45) is 0. The van der Waals surface area contributed by atoms with Gasteiger partial charge in [-0.15, -0.1) is 5.92 Å². The molecule has 0 aliphatic rings. The Hall–Kier alpha value is -0.930. The van der Waals surface area contributed by atoms with Crippen molar-refractivity contribution < 1.29 is 0 Å². The zero-order valence-electron chi connectivity index (χ0n) is 8.84. The van der Waals surface area contributed by atoms with Crippen LogP contribution in [0.25, 0.3) is 0 Å². The maximum Gasteiger partial charge on any atom is 0.0406 e. The van der Waals surface area contributed by atoms with Crippen LogP contribution in [0.4, 0.5) is 0 Å². The summed E-state index contributed by atoms with van der Waals surface area (Å²) in [7, 11) is 0. The van der Waals surface area contributed by atoms with Gasteiger partial charge in [0, 0.05) is 10.9 Å². The summed E-state index contributed by atoms with van der Waals surface area (Å²) in [6, 6.07) is 8.00. The normalized spacial score (nSPS) is 14.0. The first-order valence-electron chi connectivity index (χ1n) is 4.83. The molecular weight excluding hydrogens is 192 g/mol. The molecule has 0 aromatic heterocycles. The second-order valence-electron chi connectivity index (χ2n) is 3.52. The van der Waals surface area contributed by atoms with Crippen molar-refractivity contribution in [3.05, 3.63) is 34.9 Å². The Balaban J connectivity index is 2.82. The highest BCUT2D eigenvalue weighted by molar-refractivity contribution is 6.30. The maximum absolute atomic E-state index is 5.83. The predicted octanol–water partition coefficient (Wildman–Crippen LogP) is 4.10. The van der Waals surface area contributed by atoms with Crippen molar-refractivity contribution >= 4 is 11.6 Å². The Kier molecular flexibility index (Phi) is 4.04. The topological polar surface area (TPSA) is 0 Å². The summed E-state index contributed by atoms with van der Waals surface area (Å²) in [6.45, 7) is 6.22. The SMILES string of the molecule is CC#CC(C)C(C)c1ccc(Cl)cc1. The fraction of sp³-hybridized carbons (Fsp3) is 0.385. The van der Waals surface area contributed by atoms with Gasteiger partial charge >= 0.3 is 0 Å². The van der Waals surface area contributed by atoms with E-state index < -0.39 is 0 Å². The summed E-state index contributed by atoms with van der Waals surface area (Å²) in [4.78, 5) is 0. The van der Waals surface area contributed by atoms with Crippen LogP contribution in [0.5, 0.6) is 0 Å². The molecule has 0 amide bonds. The lowest BCUT2D eigenvalue weighted by Crippen LogP contribution is -2.03. The first-order chi connectivity index (χ1) is 6.65. The van der Waals surface area contributed by atoms with Gasteiger partial charge < -0.3 is 0 Å². The first kappa shape index (κ1) is 11.1. The van der Waals surface area contributed by atoms with Crippen LogP contribution >= 0.6 is 11.6 Å². The Morgan fingerprint density at radius 2 is 1.71 bits per heavy atom. The molecule has 2 unspecified atom stereocenters. The molecule has 1 aromatic carbocycles. The quantitative estimate of drug-likeness (QED) is 0.639. The molecule has 0 spiro atoms. The molecule has 0 nitrogen and oxygen atoms in total. The van der Waals surface area contributed by atoms with E-state index >= 15 is 0 Å². The van der Waals surface area contributed by atoms with E-state index in [1.807, 2.05) is 19.1 Å². The average molecular weight is 207 g/mol. The van der Waals surface area contributed by atoms with Gasteiger partial charge in [0.15, 0.2) is 0 Å². The monoisotopic (exact) mass is 206 g/mol. The lowest BCUT2D eigenvalue weighted by molar-refractivity contribution is 0.610. The van der Waals surface area contributed by atoms with Crippen LogP contribution in [0.3, 0.4) is 0 Å². The third-order valence-corrected chi connectivity index (χ3v) is 2.77. The minimum absolute atomic E-state index is 0.390. The Labute approximate surface area is 91.3 Å². The average Bonchev–Trinajstić information content (AvgIpc) is 2.18. The molecule has 0 N–H and O–H groups in total. The highest BCUT2D eigenvalue weighted by atomic mass is 35.5. The molecule has 0 saturated heterocycles. The molecule has 0 heterocycles. The van der Waals surface area contributed by atoms with Crippen molar-refractivity contribution in [2.75, 3.05) is 0 Å². The molecule has 0 fully saturated rings. The van der Waals surface area contributed by atoms with Gasteiger partial charge in [-0.1, -0.05) is 43.5 Å². The lowest BCUT2D eigenvalue weighted by Gasteiger charge is -2.15. The molecular formula is C13H15Cl. The van der Waals surface area contributed by atoms with Gasteiger partial charge in [-0.05, 0) is 30.5 Å². The van der Waals surface area contributed by atoms with E-state index in [1.165, 1.54) is 5.56 Å². The molecule has 1 heteroatoms. The Bertz CT molecular complexity index is 340. The zero-order chi connectivity index (χ0) is 10.6. The van der Waals surface area contributed by atoms with Gasteiger partial charge in [-0.25, -0.2) is 0 Å². The van der Waals surface area contributed by atoms with E-state index in [2.05, 4.69) is 37.8 Å². The molecule has 1 rings (SSSR count). The van der Waals surface area contributed by atoms with Crippen molar-refractivity contribution in [1.82, 2.24) is 0 Å². The molecule has 0 saturated carbocycles. The highest BCUT2D eigenvalue weighted by Crippen LogP contribution is 2.24. The van der Waals surface area contributed by atoms with Crippen LogP contribution in [-0.2, 0) is 0 Å². The van der Waals surface area contributed by atoms with Crippen LogP contribution in [0.2, 0.25) is 5.02 Å². The number of rotatable bonds is 2. The van der Waals surface area contributed by atoms with Crippen LogP contribution in [0.15, 0.2) is 24.3 Å². The molecule has 2 atom stereocenters. The van der Waals surface area contributed by atoms with Crippen LogP contribution in [0, 0.1) is 17.8 Å². The van der Waals surface area contributed by atoms with Gasteiger partial charge in [-0.2, -0.15) is 0 Å². The molecule has 1 aromatic rings. The van der Waals surface area contributed by atoms with E-state index in [0.29, 0.717) is 11.8 Å². The molecule has 0 radical (unpaired) electrons. The molecule has 0 bridgehead atoms. The standard InChI is InChI=1S/C13H15Cl/c1-4-5-10(2)11(3)12-6-8-13(14)9-7-12/h6-11H,1-3H3. The fourth-order valence-electron chi connectivity index (χ4n) is 1.41. The summed E-state index contributed by atoms with van der Waals surface area (Å²) >= 11 is 5.83. The minimum atomic E-state index is 0.390. The number of benzene rings is 1. The summed E-state index contributed by atoms with van der Waals surface area (Å²) in [5.74, 6) is 6.98. The molecule has 14 heavy (non-hydrogen) atoms. The van der Waals surface area contributed by atoms with Gasteiger partial charge in [0.25, 0.3) is 0 Å². The maximum atomic E-state index is 5.83. The van der Waals surface area contributed by atoms with Crippen LogP contribution in [-0.4, -0.2) is 0 Å². The van der Waals surface area contributed by atoms with E-state index in [0.717, 1.165) is 5.02 Å². The smallest absolute Gasteiger partial charge is 0.0406 e. The number of hydrogen-bond acceptors (Lipinski definition) is 0. The Morgan fingerprint density at radius 1 is 1.14 bits per heavy atom. The van der Waals surface area contributed by atoms with Crippen LogP contribution in [0.1, 0.15) is 32.3 Å². The molecule has 0 aliphatic carbocycles. The predicted molar refractivity (Wildman–Crippen MR) is 62.5 cm³/mol. The van der Waals surface area contributed by atoms with Gasteiger partial charge in [0.2, 0.25) is 0 Å². The third-order valence-electron chi connectivity index (χ3n) is 2.52. The van der Waals surface area contributed by atoms with Gasteiger partial charge in [0.1, 0.15) is 0 Å². The van der Waals surface area contributed by atoms with E-state index in [-0.39, 0.29) is 0 Å². The fourth-order valence-corrected chi connectivity index (χ4v) is 1.53. The van der Waals surface area contributed by atoms with Crippen molar-refractivity contribution in [2.45, 2.75) is 26.7 Å². The highest BCUT2D eigenvalue weighted by Gasteiger charge is 2.11. The van der Waals surface area contributed by atoms with E-state index in [9.17, 15) is 0 Å². The largest absolute Gasteiger partial charge is 0.106 e. The van der Waals surface area contributed by atoms with Crippen molar-refractivity contribution in [3.63, 3.8) is 0 Å². The lowest BCUT2D eigenvalue weighted by atomic mass is 9.89. The van der Waals surface area contributed by atoms with Gasteiger partial charge in [-0.3, -0.25) is 0 Å².